The predicted molar refractivity (Wildman–Crippen MR) is 101 cm³/mol. The van der Waals surface area contributed by atoms with E-state index in [1.165, 1.54) is 15.5 Å². The van der Waals surface area contributed by atoms with Gasteiger partial charge in [-0.25, -0.2) is 9.20 Å². The van der Waals surface area contributed by atoms with E-state index >= 15 is 0 Å². The molecule has 0 aliphatic rings. The third kappa shape index (κ3) is 4.00. The van der Waals surface area contributed by atoms with Gasteiger partial charge in [0.25, 0.3) is 5.56 Å². The van der Waals surface area contributed by atoms with E-state index in [1.807, 2.05) is 17.5 Å². The Bertz CT molecular complexity index is 927. The third-order valence-electron chi connectivity index (χ3n) is 4.20. The van der Waals surface area contributed by atoms with E-state index in [-0.39, 0.29) is 18.0 Å². The minimum absolute atomic E-state index is 0.104. The SMILES string of the molecule is CCN(CC)CCNC(=O)Cn1ncn2nc(-c3cccs3)cc2c1=O. The molecule has 0 unspecified atom stereocenters. The minimum atomic E-state index is -0.332. The molecule has 3 aromatic rings. The van der Waals surface area contributed by atoms with Crippen molar-refractivity contribution in [2.45, 2.75) is 20.4 Å². The standard InChI is InChI=1S/C17H22N6O2S/c1-3-21(4-2)8-7-18-16(24)11-22-17(25)14-10-13(15-6-5-9-26-15)20-23(14)12-19-22/h5-6,9-10,12H,3-4,7-8,11H2,1-2H3,(H,18,24). The number of nitrogens with zero attached hydrogens (tertiary/aromatic N) is 5. The van der Waals surface area contributed by atoms with Crippen molar-refractivity contribution >= 4 is 22.8 Å². The Balaban J connectivity index is 1.69. The van der Waals surface area contributed by atoms with Gasteiger partial charge in [0, 0.05) is 13.1 Å². The van der Waals surface area contributed by atoms with Crippen LogP contribution in [0.5, 0.6) is 0 Å². The lowest BCUT2D eigenvalue weighted by atomic mass is 10.3. The number of hydrogen-bond acceptors (Lipinski definition) is 6. The molecule has 8 nitrogen and oxygen atoms in total. The highest BCUT2D eigenvalue weighted by atomic mass is 32.1. The molecule has 3 heterocycles. The van der Waals surface area contributed by atoms with Crippen LogP contribution in [0.4, 0.5) is 0 Å². The number of nitrogens with one attached hydrogen (secondary N) is 1. The zero-order chi connectivity index (χ0) is 18.5. The first kappa shape index (κ1) is 18.3. The fourth-order valence-corrected chi connectivity index (χ4v) is 3.36. The summed E-state index contributed by atoms with van der Waals surface area (Å²) < 4.78 is 2.62. The average molecular weight is 374 g/mol. The van der Waals surface area contributed by atoms with Gasteiger partial charge in [-0.3, -0.25) is 9.59 Å². The number of thiophene rings is 1. The molecular formula is C17H22N6O2S. The summed E-state index contributed by atoms with van der Waals surface area (Å²) in [5, 5.41) is 13.2. The van der Waals surface area contributed by atoms with Gasteiger partial charge in [-0.05, 0) is 30.6 Å². The van der Waals surface area contributed by atoms with E-state index in [0.29, 0.717) is 12.1 Å². The van der Waals surface area contributed by atoms with Gasteiger partial charge in [-0.15, -0.1) is 11.3 Å². The molecule has 26 heavy (non-hydrogen) atoms. The number of rotatable bonds is 8. The van der Waals surface area contributed by atoms with E-state index in [0.717, 1.165) is 30.2 Å². The molecule has 0 aliphatic carbocycles. The number of aromatic nitrogens is 4. The lowest BCUT2D eigenvalue weighted by Crippen LogP contribution is -2.38. The highest BCUT2D eigenvalue weighted by Gasteiger charge is 2.12. The molecule has 9 heteroatoms. The molecule has 0 saturated heterocycles. The first-order chi connectivity index (χ1) is 12.6. The minimum Gasteiger partial charge on any atom is -0.353 e. The smallest absolute Gasteiger partial charge is 0.293 e. The Labute approximate surface area is 155 Å². The van der Waals surface area contributed by atoms with Crippen LogP contribution in [0.25, 0.3) is 16.1 Å². The van der Waals surface area contributed by atoms with E-state index < -0.39 is 0 Å². The fourth-order valence-electron chi connectivity index (χ4n) is 2.68. The van der Waals surface area contributed by atoms with E-state index in [2.05, 4.69) is 34.3 Å². The van der Waals surface area contributed by atoms with Crippen LogP contribution < -0.4 is 10.9 Å². The highest BCUT2D eigenvalue weighted by molar-refractivity contribution is 7.13. The van der Waals surface area contributed by atoms with Crippen molar-refractivity contribution in [2.75, 3.05) is 26.2 Å². The molecule has 3 aromatic heterocycles. The van der Waals surface area contributed by atoms with Crippen LogP contribution in [0.1, 0.15) is 13.8 Å². The molecular weight excluding hydrogens is 352 g/mol. The number of amides is 1. The van der Waals surface area contributed by atoms with Crippen molar-refractivity contribution in [3.8, 4) is 10.6 Å². The Morgan fingerprint density at radius 1 is 1.35 bits per heavy atom. The van der Waals surface area contributed by atoms with Crippen LogP contribution in [-0.4, -0.2) is 56.4 Å². The molecule has 0 aliphatic heterocycles. The molecule has 1 N–H and O–H groups in total. The first-order valence-corrected chi connectivity index (χ1v) is 9.48. The second kappa shape index (κ2) is 8.24. The number of carbonyl (C=O) groups excluding carboxylic acids is 1. The van der Waals surface area contributed by atoms with Gasteiger partial charge in [-0.1, -0.05) is 19.9 Å². The van der Waals surface area contributed by atoms with Gasteiger partial charge >= 0.3 is 0 Å². The summed E-state index contributed by atoms with van der Waals surface area (Å²) >= 11 is 1.55. The lowest BCUT2D eigenvalue weighted by molar-refractivity contribution is -0.121. The van der Waals surface area contributed by atoms with E-state index in [9.17, 15) is 9.59 Å². The second-order valence-corrected chi connectivity index (χ2v) is 6.75. The molecule has 0 bridgehead atoms. The van der Waals surface area contributed by atoms with Crippen LogP contribution >= 0.6 is 11.3 Å². The van der Waals surface area contributed by atoms with Gasteiger partial charge in [0.05, 0.1) is 4.88 Å². The number of likely N-dealkylation sites (N-methyl/N-ethyl adjacent to an activating group) is 1. The number of fused-ring (bicyclic) bond motifs is 1. The Hall–Kier alpha value is -2.52. The van der Waals surface area contributed by atoms with Gasteiger partial charge in [0.2, 0.25) is 5.91 Å². The lowest BCUT2D eigenvalue weighted by Gasteiger charge is -2.17. The normalized spacial score (nSPS) is 11.3. The van der Waals surface area contributed by atoms with E-state index in [4.69, 9.17) is 0 Å². The molecule has 3 rings (SSSR count). The maximum absolute atomic E-state index is 12.6. The Kier molecular flexibility index (Phi) is 5.79. The number of hydrogen-bond donors (Lipinski definition) is 1. The van der Waals surface area contributed by atoms with Crippen molar-refractivity contribution in [2.24, 2.45) is 0 Å². The summed E-state index contributed by atoms with van der Waals surface area (Å²) in [6.07, 6.45) is 1.46. The van der Waals surface area contributed by atoms with Crippen LogP contribution in [0.2, 0.25) is 0 Å². The summed E-state index contributed by atoms with van der Waals surface area (Å²) in [5.41, 5.74) is 0.793. The molecule has 0 spiro atoms. The topological polar surface area (TPSA) is 84.5 Å². The van der Waals surface area contributed by atoms with Crippen molar-refractivity contribution in [1.29, 1.82) is 0 Å². The van der Waals surface area contributed by atoms with Crippen LogP contribution in [-0.2, 0) is 11.3 Å². The summed E-state index contributed by atoms with van der Waals surface area (Å²) in [6, 6.07) is 5.61. The Morgan fingerprint density at radius 2 is 2.15 bits per heavy atom. The van der Waals surface area contributed by atoms with Crippen molar-refractivity contribution in [3.05, 3.63) is 40.3 Å². The molecule has 0 aromatic carbocycles. The van der Waals surface area contributed by atoms with Crippen LogP contribution in [0.3, 0.4) is 0 Å². The average Bonchev–Trinajstić information content (AvgIpc) is 3.30. The van der Waals surface area contributed by atoms with Gasteiger partial charge in [0.15, 0.2) is 0 Å². The highest BCUT2D eigenvalue weighted by Crippen LogP contribution is 2.23. The molecule has 0 radical (unpaired) electrons. The second-order valence-electron chi connectivity index (χ2n) is 5.81. The van der Waals surface area contributed by atoms with Crippen molar-refractivity contribution in [3.63, 3.8) is 0 Å². The van der Waals surface area contributed by atoms with Gasteiger partial charge < -0.3 is 10.2 Å². The summed E-state index contributed by atoms with van der Waals surface area (Å²) in [7, 11) is 0. The van der Waals surface area contributed by atoms with Gasteiger partial charge in [0.1, 0.15) is 24.1 Å². The fraction of sp³-hybridized carbons (Fsp3) is 0.412. The number of carbonyl (C=O) groups is 1. The molecule has 0 fully saturated rings. The predicted octanol–water partition coefficient (Wildman–Crippen LogP) is 1.08. The molecule has 0 atom stereocenters. The summed E-state index contributed by atoms with van der Waals surface area (Å²) in [5.74, 6) is -0.228. The maximum atomic E-state index is 12.6. The summed E-state index contributed by atoms with van der Waals surface area (Å²) in [4.78, 5) is 27.9. The quantitative estimate of drug-likeness (QED) is 0.638. The molecule has 138 valence electrons. The van der Waals surface area contributed by atoms with Gasteiger partial charge in [-0.2, -0.15) is 10.2 Å². The van der Waals surface area contributed by atoms with E-state index in [1.54, 1.807) is 17.4 Å². The maximum Gasteiger partial charge on any atom is 0.293 e. The third-order valence-corrected chi connectivity index (χ3v) is 5.09. The van der Waals surface area contributed by atoms with Crippen molar-refractivity contribution < 1.29 is 4.79 Å². The zero-order valence-corrected chi connectivity index (χ0v) is 15.7. The van der Waals surface area contributed by atoms with Crippen LogP contribution in [0, 0.1) is 0 Å². The zero-order valence-electron chi connectivity index (χ0n) is 14.9. The molecule has 0 saturated carbocycles. The largest absolute Gasteiger partial charge is 0.353 e. The Morgan fingerprint density at radius 3 is 2.85 bits per heavy atom. The monoisotopic (exact) mass is 374 g/mol. The first-order valence-electron chi connectivity index (χ1n) is 8.60. The van der Waals surface area contributed by atoms with Crippen molar-refractivity contribution in [1.82, 2.24) is 29.6 Å². The van der Waals surface area contributed by atoms with Crippen LogP contribution in [0.15, 0.2) is 34.7 Å². The molecule has 1 amide bonds. The summed E-state index contributed by atoms with van der Waals surface area (Å²) in [6.45, 7) is 7.28.